The second-order valence-corrected chi connectivity index (χ2v) is 7.52. The van der Waals surface area contributed by atoms with Crippen LogP contribution in [0, 0.1) is 29.2 Å². The average molecular weight is 391 g/mol. The number of methoxy groups -OCH3 is 1. The van der Waals surface area contributed by atoms with Crippen molar-refractivity contribution < 1.29 is 30.7 Å². The SMILES string of the molecule is COc1c(F)c(F)c(S(=O)(=O)NC(c2ccccc2)C(C)C)c(F)c1F. The van der Waals surface area contributed by atoms with Crippen molar-refractivity contribution in [1.29, 1.82) is 0 Å². The minimum atomic E-state index is -4.92. The van der Waals surface area contributed by atoms with Crippen molar-refractivity contribution >= 4 is 10.0 Å². The number of hydrogen-bond acceptors (Lipinski definition) is 3. The zero-order valence-electron chi connectivity index (χ0n) is 14.2. The van der Waals surface area contributed by atoms with E-state index in [2.05, 4.69) is 9.46 Å². The van der Waals surface area contributed by atoms with E-state index >= 15 is 0 Å². The molecule has 1 unspecified atom stereocenters. The van der Waals surface area contributed by atoms with Gasteiger partial charge in [0.1, 0.15) is 0 Å². The van der Waals surface area contributed by atoms with Crippen molar-refractivity contribution in [2.24, 2.45) is 5.92 Å². The monoisotopic (exact) mass is 391 g/mol. The van der Waals surface area contributed by atoms with Crippen molar-refractivity contribution in [3.05, 3.63) is 59.2 Å². The van der Waals surface area contributed by atoms with E-state index in [4.69, 9.17) is 0 Å². The number of halogens is 4. The van der Waals surface area contributed by atoms with E-state index in [1.54, 1.807) is 44.2 Å². The van der Waals surface area contributed by atoms with E-state index in [-0.39, 0.29) is 5.92 Å². The molecule has 0 saturated carbocycles. The third-order valence-electron chi connectivity index (χ3n) is 3.76. The lowest BCUT2D eigenvalue weighted by molar-refractivity contribution is 0.321. The Morgan fingerprint density at radius 2 is 1.42 bits per heavy atom. The molecule has 0 aromatic heterocycles. The van der Waals surface area contributed by atoms with E-state index in [1.165, 1.54) is 0 Å². The summed E-state index contributed by atoms with van der Waals surface area (Å²) < 4.78 is 87.4. The number of ether oxygens (including phenoxy) is 1. The Balaban J connectivity index is 2.57. The lowest BCUT2D eigenvalue weighted by Gasteiger charge is -2.23. The molecule has 0 aliphatic heterocycles. The molecule has 2 aromatic rings. The first-order valence-electron chi connectivity index (χ1n) is 7.59. The molecule has 0 spiro atoms. The van der Waals surface area contributed by atoms with E-state index in [9.17, 15) is 26.0 Å². The number of benzene rings is 2. The number of nitrogens with one attached hydrogen (secondary N) is 1. The molecule has 1 N–H and O–H groups in total. The lowest BCUT2D eigenvalue weighted by atomic mass is 9.97. The van der Waals surface area contributed by atoms with Gasteiger partial charge in [-0.25, -0.2) is 21.9 Å². The maximum Gasteiger partial charge on any atom is 0.247 e. The van der Waals surface area contributed by atoms with Crippen LogP contribution in [0.4, 0.5) is 17.6 Å². The van der Waals surface area contributed by atoms with E-state index in [0.717, 1.165) is 7.11 Å². The van der Waals surface area contributed by atoms with Gasteiger partial charge >= 0.3 is 0 Å². The fourth-order valence-corrected chi connectivity index (χ4v) is 3.99. The van der Waals surface area contributed by atoms with Crippen LogP contribution in [0.15, 0.2) is 35.2 Å². The van der Waals surface area contributed by atoms with Gasteiger partial charge in [0, 0.05) is 6.04 Å². The summed E-state index contributed by atoms with van der Waals surface area (Å²) in [5, 5.41) is 0. The normalized spacial score (nSPS) is 13.1. The smallest absolute Gasteiger partial charge is 0.247 e. The summed E-state index contributed by atoms with van der Waals surface area (Å²) in [4.78, 5) is -1.73. The molecule has 0 amide bonds. The molecule has 0 heterocycles. The van der Waals surface area contributed by atoms with Gasteiger partial charge in [0.25, 0.3) is 0 Å². The molecule has 0 saturated heterocycles. The van der Waals surface area contributed by atoms with Gasteiger partial charge in [-0.2, -0.15) is 8.78 Å². The molecule has 142 valence electrons. The van der Waals surface area contributed by atoms with Crippen molar-refractivity contribution in [2.75, 3.05) is 7.11 Å². The van der Waals surface area contributed by atoms with Crippen LogP contribution in [-0.4, -0.2) is 15.5 Å². The zero-order chi connectivity index (χ0) is 19.6. The Labute approximate surface area is 148 Å². The van der Waals surface area contributed by atoms with Gasteiger partial charge in [0.2, 0.25) is 21.7 Å². The molecule has 0 aliphatic carbocycles. The predicted molar refractivity (Wildman–Crippen MR) is 87.2 cm³/mol. The molecule has 0 bridgehead atoms. The molecule has 4 nitrogen and oxygen atoms in total. The van der Waals surface area contributed by atoms with Crippen LogP contribution < -0.4 is 9.46 Å². The van der Waals surface area contributed by atoms with Crippen LogP contribution in [0.3, 0.4) is 0 Å². The lowest BCUT2D eigenvalue weighted by Crippen LogP contribution is -2.33. The zero-order valence-corrected chi connectivity index (χ0v) is 15.0. The van der Waals surface area contributed by atoms with Crippen LogP contribution in [0.5, 0.6) is 5.75 Å². The second-order valence-electron chi connectivity index (χ2n) is 5.87. The number of sulfonamides is 1. The van der Waals surface area contributed by atoms with Gasteiger partial charge in [0.05, 0.1) is 7.11 Å². The van der Waals surface area contributed by atoms with Crippen molar-refractivity contribution in [2.45, 2.75) is 24.8 Å². The highest BCUT2D eigenvalue weighted by Gasteiger charge is 2.35. The Kier molecular flexibility index (Phi) is 5.92. The highest BCUT2D eigenvalue weighted by Crippen LogP contribution is 2.33. The molecule has 26 heavy (non-hydrogen) atoms. The Bertz CT molecular complexity index is 873. The van der Waals surface area contributed by atoms with E-state index < -0.39 is 50.0 Å². The summed E-state index contributed by atoms with van der Waals surface area (Å²) in [5.41, 5.74) is 0.529. The first-order valence-corrected chi connectivity index (χ1v) is 9.07. The highest BCUT2D eigenvalue weighted by atomic mass is 32.2. The van der Waals surface area contributed by atoms with Gasteiger partial charge in [-0.3, -0.25) is 0 Å². The van der Waals surface area contributed by atoms with Crippen molar-refractivity contribution in [1.82, 2.24) is 4.72 Å². The van der Waals surface area contributed by atoms with Crippen LogP contribution in [0.2, 0.25) is 0 Å². The van der Waals surface area contributed by atoms with Gasteiger partial charge in [-0.15, -0.1) is 0 Å². The maximum absolute atomic E-state index is 14.2. The van der Waals surface area contributed by atoms with Gasteiger partial charge in [0.15, 0.2) is 22.3 Å². The summed E-state index contributed by atoms with van der Waals surface area (Å²) in [6.45, 7) is 3.37. The highest BCUT2D eigenvalue weighted by molar-refractivity contribution is 7.89. The Hall–Kier alpha value is -2.13. The molecule has 2 rings (SSSR count). The van der Waals surface area contributed by atoms with Crippen LogP contribution >= 0.6 is 0 Å². The molecule has 9 heteroatoms. The van der Waals surface area contributed by atoms with Crippen LogP contribution in [0.25, 0.3) is 0 Å². The van der Waals surface area contributed by atoms with Gasteiger partial charge in [-0.05, 0) is 11.5 Å². The molecular weight excluding hydrogens is 374 g/mol. The van der Waals surface area contributed by atoms with E-state index in [1.807, 2.05) is 0 Å². The average Bonchev–Trinajstić information content (AvgIpc) is 2.59. The molecule has 0 radical (unpaired) electrons. The van der Waals surface area contributed by atoms with Crippen LogP contribution in [0.1, 0.15) is 25.5 Å². The fraction of sp³-hybridized carbons (Fsp3) is 0.294. The third kappa shape index (κ3) is 3.68. The Morgan fingerprint density at radius 3 is 1.85 bits per heavy atom. The maximum atomic E-state index is 14.2. The molecular formula is C17H17F4NO3S. The largest absolute Gasteiger partial charge is 0.491 e. The Morgan fingerprint density at radius 1 is 0.923 bits per heavy atom. The summed E-state index contributed by atoms with van der Waals surface area (Å²) in [7, 11) is -4.12. The van der Waals surface area contributed by atoms with Gasteiger partial charge in [-0.1, -0.05) is 44.2 Å². The molecule has 0 aliphatic rings. The van der Waals surface area contributed by atoms with Crippen molar-refractivity contribution in [3.63, 3.8) is 0 Å². The summed E-state index contributed by atoms with van der Waals surface area (Å²) in [5.74, 6) is -9.60. The predicted octanol–water partition coefficient (Wildman–Crippen LogP) is 3.93. The van der Waals surface area contributed by atoms with Crippen molar-refractivity contribution in [3.8, 4) is 5.75 Å². The number of hydrogen-bond donors (Lipinski definition) is 1. The standard InChI is InChI=1S/C17H17F4NO3S/c1-9(2)15(10-7-5-4-6-8-10)22-26(23,24)17-13(20)11(18)16(25-3)12(19)14(17)21/h4-9,15,22H,1-3H3. The van der Waals surface area contributed by atoms with E-state index in [0.29, 0.717) is 5.56 Å². The minimum Gasteiger partial charge on any atom is -0.491 e. The first kappa shape index (κ1) is 20.2. The topological polar surface area (TPSA) is 55.4 Å². The third-order valence-corrected chi connectivity index (χ3v) is 5.22. The molecule has 1 atom stereocenters. The molecule has 2 aromatic carbocycles. The summed E-state index contributed by atoms with van der Waals surface area (Å²) in [6, 6.07) is 7.40. The van der Waals surface area contributed by atoms with Gasteiger partial charge < -0.3 is 4.74 Å². The first-order chi connectivity index (χ1) is 12.1. The summed E-state index contributed by atoms with van der Waals surface area (Å²) in [6.07, 6.45) is 0. The second kappa shape index (κ2) is 7.63. The van der Waals surface area contributed by atoms with Crippen LogP contribution in [-0.2, 0) is 10.0 Å². The quantitative estimate of drug-likeness (QED) is 0.600. The minimum absolute atomic E-state index is 0.314. The number of rotatable bonds is 6. The summed E-state index contributed by atoms with van der Waals surface area (Å²) >= 11 is 0. The molecule has 0 fully saturated rings. The fourth-order valence-electron chi connectivity index (χ4n) is 2.48.